The van der Waals surface area contributed by atoms with E-state index in [1.165, 1.54) is 12.1 Å². The lowest BCUT2D eigenvalue weighted by atomic mass is 9.97. The molecule has 3 aromatic rings. The SMILES string of the molecule is O=[N+]([O-])c1ccc(/C(=C\c2ccco2)c2ccncc2)cc1. The predicted molar refractivity (Wildman–Crippen MR) is 83.0 cm³/mol. The van der Waals surface area contributed by atoms with Gasteiger partial charge in [0, 0.05) is 24.5 Å². The van der Waals surface area contributed by atoms with Gasteiger partial charge >= 0.3 is 0 Å². The standard InChI is InChI=1S/C17H12N2O3/c20-19(21)15-5-3-13(4-6-15)17(12-16-2-1-11-22-16)14-7-9-18-10-8-14/h1-12H/b17-12+. The van der Waals surface area contributed by atoms with Gasteiger partial charge in [-0.3, -0.25) is 15.1 Å². The third kappa shape index (κ3) is 2.93. The summed E-state index contributed by atoms with van der Waals surface area (Å²) >= 11 is 0. The van der Waals surface area contributed by atoms with E-state index in [4.69, 9.17) is 4.42 Å². The highest BCUT2D eigenvalue weighted by molar-refractivity contribution is 5.90. The first-order chi connectivity index (χ1) is 10.7. The second-order valence-corrected chi connectivity index (χ2v) is 4.61. The molecule has 0 unspecified atom stereocenters. The second kappa shape index (κ2) is 6.05. The third-order valence-corrected chi connectivity index (χ3v) is 3.21. The molecule has 0 fully saturated rings. The molecule has 1 aromatic carbocycles. The van der Waals surface area contributed by atoms with E-state index in [2.05, 4.69) is 4.98 Å². The molecule has 3 rings (SSSR count). The first-order valence-electron chi connectivity index (χ1n) is 6.64. The normalized spacial score (nSPS) is 11.4. The molecule has 2 heterocycles. The molecule has 5 nitrogen and oxygen atoms in total. The predicted octanol–water partition coefficient (Wildman–Crippen LogP) is 4.17. The van der Waals surface area contributed by atoms with Crippen LogP contribution in [0.4, 0.5) is 5.69 Å². The Labute approximate surface area is 126 Å². The molecule has 22 heavy (non-hydrogen) atoms. The highest BCUT2D eigenvalue weighted by atomic mass is 16.6. The zero-order valence-corrected chi connectivity index (χ0v) is 11.5. The summed E-state index contributed by atoms with van der Waals surface area (Å²) in [4.78, 5) is 14.4. The Balaban J connectivity index is 2.08. The van der Waals surface area contributed by atoms with Crippen LogP contribution in [-0.4, -0.2) is 9.91 Å². The monoisotopic (exact) mass is 292 g/mol. The Morgan fingerprint density at radius 3 is 2.32 bits per heavy atom. The quantitative estimate of drug-likeness (QED) is 0.534. The van der Waals surface area contributed by atoms with E-state index in [0.717, 1.165) is 16.7 Å². The van der Waals surface area contributed by atoms with E-state index in [-0.39, 0.29) is 5.69 Å². The Hall–Kier alpha value is -3.21. The van der Waals surface area contributed by atoms with Gasteiger partial charge in [0.15, 0.2) is 0 Å². The van der Waals surface area contributed by atoms with E-state index in [9.17, 15) is 10.1 Å². The molecule has 2 aromatic heterocycles. The summed E-state index contributed by atoms with van der Waals surface area (Å²) in [6, 6.07) is 13.9. The van der Waals surface area contributed by atoms with Crippen molar-refractivity contribution in [2.75, 3.05) is 0 Å². The summed E-state index contributed by atoms with van der Waals surface area (Å²) in [7, 11) is 0. The number of pyridine rings is 1. The Bertz CT molecular complexity index is 792. The van der Waals surface area contributed by atoms with Crippen molar-refractivity contribution in [1.29, 1.82) is 0 Å². The fourth-order valence-corrected chi connectivity index (χ4v) is 2.14. The first-order valence-corrected chi connectivity index (χ1v) is 6.64. The lowest BCUT2D eigenvalue weighted by Gasteiger charge is -2.07. The zero-order chi connectivity index (χ0) is 15.4. The van der Waals surface area contributed by atoms with Crippen molar-refractivity contribution in [3.05, 3.63) is 94.2 Å². The molecule has 0 radical (unpaired) electrons. The number of hydrogen-bond acceptors (Lipinski definition) is 4. The highest BCUT2D eigenvalue weighted by Crippen LogP contribution is 2.27. The maximum atomic E-state index is 10.8. The van der Waals surface area contributed by atoms with Gasteiger partial charge in [0.1, 0.15) is 5.76 Å². The maximum Gasteiger partial charge on any atom is 0.269 e. The van der Waals surface area contributed by atoms with Crippen LogP contribution in [0.3, 0.4) is 0 Å². The number of nitrogens with zero attached hydrogens (tertiary/aromatic N) is 2. The van der Waals surface area contributed by atoms with Crippen molar-refractivity contribution in [2.24, 2.45) is 0 Å². The summed E-state index contributed by atoms with van der Waals surface area (Å²) in [5.41, 5.74) is 2.80. The van der Waals surface area contributed by atoms with Crippen LogP contribution < -0.4 is 0 Å². The number of furan rings is 1. The molecule has 0 amide bonds. The van der Waals surface area contributed by atoms with Crippen molar-refractivity contribution >= 4 is 17.3 Å². The van der Waals surface area contributed by atoms with Gasteiger partial charge in [0.05, 0.1) is 11.2 Å². The Morgan fingerprint density at radius 1 is 1.05 bits per heavy atom. The molecule has 108 valence electrons. The van der Waals surface area contributed by atoms with Crippen LogP contribution in [0.5, 0.6) is 0 Å². The number of aromatic nitrogens is 1. The number of benzene rings is 1. The number of non-ortho nitro benzene ring substituents is 1. The molecule has 0 aliphatic heterocycles. The average Bonchev–Trinajstić information content (AvgIpc) is 3.07. The van der Waals surface area contributed by atoms with Crippen LogP contribution >= 0.6 is 0 Å². The van der Waals surface area contributed by atoms with Crippen LogP contribution in [0, 0.1) is 10.1 Å². The van der Waals surface area contributed by atoms with Gasteiger partial charge in [-0.05, 0) is 59.2 Å². The Morgan fingerprint density at radius 2 is 1.73 bits per heavy atom. The minimum absolute atomic E-state index is 0.0656. The second-order valence-electron chi connectivity index (χ2n) is 4.61. The molecule has 5 heteroatoms. The molecule has 0 spiro atoms. The molecule has 0 bridgehead atoms. The van der Waals surface area contributed by atoms with Crippen molar-refractivity contribution in [3.8, 4) is 0 Å². The van der Waals surface area contributed by atoms with Gasteiger partial charge in [-0.2, -0.15) is 0 Å². The van der Waals surface area contributed by atoms with Crippen molar-refractivity contribution in [2.45, 2.75) is 0 Å². The van der Waals surface area contributed by atoms with E-state index in [1.807, 2.05) is 30.3 Å². The van der Waals surface area contributed by atoms with Crippen LogP contribution in [0.2, 0.25) is 0 Å². The number of hydrogen-bond donors (Lipinski definition) is 0. The maximum absolute atomic E-state index is 10.8. The average molecular weight is 292 g/mol. The third-order valence-electron chi connectivity index (χ3n) is 3.21. The first kappa shape index (κ1) is 13.8. The van der Waals surface area contributed by atoms with Gasteiger partial charge in [0.2, 0.25) is 0 Å². The van der Waals surface area contributed by atoms with Crippen molar-refractivity contribution in [1.82, 2.24) is 4.98 Å². The summed E-state index contributed by atoms with van der Waals surface area (Å²) in [6.07, 6.45) is 6.91. The van der Waals surface area contributed by atoms with Gasteiger partial charge in [-0.25, -0.2) is 0 Å². The fourth-order valence-electron chi connectivity index (χ4n) is 2.14. The minimum atomic E-state index is -0.411. The van der Waals surface area contributed by atoms with Crippen molar-refractivity contribution in [3.63, 3.8) is 0 Å². The van der Waals surface area contributed by atoms with E-state index < -0.39 is 4.92 Å². The lowest BCUT2D eigenvalue weighted by molar-refractivity contribution is -0.384. The highest BCUT2D eigenvalue weighted by Gasteiger charge is 2.09. The molecule has 0 saturated heterocycles. The molecule has 0 atom stereocenters. The van der Waals surface area contributed by atoms with Crippen LogP contribution in [0.15, 0.2) is 71.6 Å². The lowest BCUT2D eigenvalue weighted by Crippen LogP contribution is -1.91. The summed E-state index contributed by atoms with van der Waals surface area (Å²) < 4.78 is 5.37. The van der Waals surface area contributed by atoms with Gasteiger partial charge in [-0.15, -0.1) is 0 Å². The largest absolute Gasteiger partial charge is 0.465 e. The molecule has 0 aliphatic carbocycles. The smallest absolute Gasteiger partial charge is 0.269 e. The van der Waals surface area contributed by atoms with E-state index >= 15 is 0 Å². The molecule has 0 aliphatic rings. The molecule has 0 N–H and O–H groups in total. The minimum Gasteiger partial charge on any atom is -0.465 e. The molecular formula is C17H12N2O3. The molecular weight excluding hydrogens is 280 g/mol. The summed E-state index contributed by atoms with van der Waals surface area (Å²) in [5, 5.41) is 10.8. The number of rotatable bonds is 4. The number of nitro groups is 1. The topological polar surface area (TPSA) is 69.2 Å². The summed E-state index contributed by atoms with van der Waals surface area (Å²) in [6.45, 7) is 0. The van der Waals surface area contributed by atoms with Crippen LogP contribution in [-0.2, 0) is 0 Å². The van der Waals surface area contributed by atoms with Crippen LogP contribution in [0.1, 0.15) is 16.9 Å². The van der Waals surface area contributed by atoms with Gasteiger partial charge < -0.3 is 4.42 Å². The zero-order valence-electron chi connectivity index (χ0n) is 11.5. The van der Waals surface area contributed by atoms with Gasteiger partial charge in [-0.1, -0.05) is 0 Å². The van der Waals surface area contributed by atoms with E-state index in [0.29, 0.717) is 5.76 Å². The Kier molecular flexibility index (Phi) is 3.78. The van der Waals surface area contributed by atoms with E-state index in [1.54, 1.807) is 30.8 Å². The molecule has 0 saturated carbocycles. The van der Waals surface area contributed by atoms with Crippen molar-refractivity contribution < 1.29 is 9.34 Å². The van der Waals surface area contributed by atoms with Gasteiger partial charge in [0.25, 0.3) is 5.69 Å². The van der Waals surface area contributed by atoms with Crippen LogP contribution in [0.25, 0.3) is 11.6 Å². The summed E-state index contributed by atoms with van der Waals surface area (Å²) in [5.74, 6) is 0.713. The number of nitro benzene ring substituents is 1. The fraction of sp³-hybridized carbons (Fsp3) is 0.